The summed E-state index contributed by atoms with van der Waals surface area (Å²) in [7, 11) is -3.59. The average molecular weight is 523 g/mol. The van der Waals surface area contributed by atoms with Crippen molar-refractivity contribution >= 4 is 37.5 Å². The van der Waals surface area contributed by atoms with E-state index in [2.05, 4.69) is 13.8 Å². The van der Waals surface area contributed by atoms with Gasteiger partial charge in [0.05, 0.1) is 21.2 Å². The number of aromatic nitrogens is 2. The summed E-state index contributed by atoms with van der Waals surface area (Å²) in [4.78, 5) is 17.0. The minimum atomic E-state index is -3.59. The van der Waals surface area contributed by atoms with Crippen molar-refractivity contribution in [3.05, 3.63) is 76.3 Å². The third-order valence-corrected chi connectivity index (χ3v) is 9.82. The summed E-state index contributed by atoms with van der Waals surface area (Å²) in [5.74, 6) is 0.277. The molecule has 1 aliphatic rings. The molecule has 188 valence electrons. The molecule has 0 atom stereocenters. The maximum absolute atomic E-state index is 13.4. The van der Waals surface area contributed by atoms with E-state index in [1.54, 1.807) is 17.0 Å². The number of fused-ring (bicyclic) bond motifs is 1. The molecule has 0 radical (unpaired) electrons. The summed E-state index contributed by atoms with van der Waals surface area (Å²) in [6.07, 6.45) is 0. The van der Waals surface area contributed by atoms with Crippen LogP contribution in [0.25, 0.3) is 15.9 Å². The number of rotatable bonds is 5. The van der Waals surface area contributed by atoms with Crippen LogP contribution in [0.3, 0.4) is 0 Å². The number of nitrogens with zero attached hydrogens (tertiary/aromatic N) is 4. The lowest BCUT2D eigenvalue weighted by molar-refractivity contribution is 0.0703. The molecule has 2 aromatic heterocycles. The van der Waals surface area contributed by atoms with Crippen LogP contribution in [0.1, 0.15) is 46.3 Å². The topological polar surface area (TPSA) is 75.5 Å². The second-order valence-electron chi connectivity index (χ2n) is 9.53. The summed E-state index contributed by atoms with van der Waals surface area (Å²) < 4.78 is 29.7. The van der Waals surface area contributed by atoms with Gasteiger partial charge in [0, 0.05) is 31.6 Å². The third kappa shape index (κ3) is 4.36. The third-order valence-electron chi connectivity index (χ3n) is 6.81. The Balaban J connectivity index is 1.32. The number of benzene rings is 2. The van der Waals surface area contributed by atoms with Crippen molar-refractivity contribution in [2.75, 3.05) is 26.2 Å². The Kier molecular flexibility index (Phi) is 6.48. The average Bonchev–Trinajstić information content (AvgIpc) is 3.44. The molecular formula is C27H30N4O3S2. The van der Waals surface area contributed by atoms with E-state index < -0.39 is 10.0 Å². The van der Waals surface area contributed by atoms with Crippen LogP contribution in [0, 0.1) is 13.8 Å². The Labute approximate surface area is 216 Å². The van der Waals surface area contributed by atoms with Gasteiger partial charge in [0.1, 0.15) is 4.83 Å². The summed E-state index contributed by atoms with van der Waals surface area (Å²) in [5, 5.41) is 5.67. The fourth-order valence-corrected chi connectivity index (χ4v) is 7.14. The summed E-state index contributed by atoms with van der Waals surface area (Å²) in [5.41, 5.74) is 4.09. The van der Waals surface area contributed by atoms with Gasteiger partial charge in [0.2, 0.25) is 10.0 Å². The minimum Gasteiger partial charge on any atom is -0.335 e. The number of hydrogen-bond donors (Lipinski definition) is 0. The largest absolute Gasteiger partial charge is 0.335 e. The highest BCUT2D eigenvalue weighted by atomic mass is 32.2. The van der Waals surface area contributed by atoms with Gasteiger partial charge in [0.15, 0.2) is 0 Å². The molecule has 1 aliphatic heterocycles. The van der Waals surface area contributed by atoms with E-state index in [-0.39, 0.29) is 19.0 Å². The van der Waals surface area contributed by atoms with Crippen molar-refractivity contribution in [1.29, 1.82) is 0 Å². The van der Waals surface area contributed by atoms with Gasteiger partial charge in [-0.2, -0.15) is 9.40 Å². The van der Waals surface area contributed by atoms with Crippen LogP contribution in [-0.2, 0) is 10.0 Å². The first kappa shape index (κ1) is 24.7. The Morgan fingerprint density at radius 1 is 0.972 bits per heavy atom. The molecule has 3 heterocycles. The zero-order valence-corrected chi connectivity index (χ0v) is 22.6. The predicted molar refractivity (Wildman–Crippen MR) is 144 cm³/mol. The number of aryl methyl sites for hydroxylation is 2. The number of carbonyl (C=O) groups excluding carboxylic acids is 1. The van der Waals surface area contributed by atoms with Crippen LogP contribution < -0.4 is 0 Å². The van der Waals surface area contributed by atoms with Gasteiger partial charge in [-0.1, -0.05) is 44.2 Å². The minimum absolute atomic E-state index is 0.0646. The van der Waals surface area contributed by atoms with Gasteiger partial charge < -0.3 is 4.90 Å². The van der Waals surface area contributed by atoms with Crippen LogP contribution in [0.5, 0.6) is 0 Å². The van der Waals surface area contributed by atoms with Gasteiger partial charge in [-0.15, -0.1) is 11.3 Å². The van der Waals surface area contributed by atoms with Crippen LogP contribution >= 0.6 is 11.3 Å². The molecule has 9 heteroatoms. The fourth-order valence-electron chi connectivity index (χ4n) is 4.58. The molecular weight excluding hydrogens is 492 g/mol. The van der Waals surface area contributed by atoms with E-state index >= 15 is 0 Å². The lowest BCUT2D eigenvalue weighted by Gasteiger charge is -2.33. The van der Waals surface area contributed by atoms with Crippen molar-refractivity contribution < 1.29 is 13.2 Å². The molecule has 0 saturated carbocycles. The standard InChI is InChI=1S/C27H30N4O3S2/c1-18(2)21-9-11-22(12-10-21)36(33,34)30-15-13-29(14-16-30)26(32)25-17-23-20(4)28-31(27(23)35-25)24-8-6-5-7-19(24)3/h5-12,17-18H,13-16H2,1-4H3. The van der Waals surface area contributed by atoms with E-state index in [4.69, 9.17) is 5.10 Å². The highest BCUT2D eigenvalue weighted by Gasteiger charge is 2.31. The first-order chi connectivity index (χ1) is 17.2. The first-order valence-electron chi connectivity index (χ1n) is 12.1. The quantitative estimate of drug-likeness (QED) is 0.371. The van der Waals surface area contributed by atoms with Gasteiger partial charge in [-0.3, -0.25) is 4.79 Å². The lowest BCUT2D eigenvalue weighted by Crippen LogP contribution is -2.50. The number of carbonyl (C=O) groups is 1. The molecule has 1 fully saturated rings. The molecule has 4 aromatic rings. The monoisotopic (exact) mass is 522 g/mol. The number of sulfonamides is 1. The normalized spacial score (nSPS) is 15.2. The molecule has 7 nitrogen and oxygen atoms in total. The maximum Gasteiger partial charge on any atom is 0.264 e. The van der Waals surface area contributed by atoms with Crippen molar-refractivity contribution in [1.82, 2.24) is 19.0 Å². The van der Waals surface area contributed by atoms with Crippen molar-refractivity contribution in [3.8, 4) is 5.69 Å². The van der Waals surface area contributed by atoms with E-state index in [0.29, 0.717) is 28.8 Å². The smallest absolute Gasteiger partial charge is 0.264 e. The van der Waals surface area contributed by atoms with Crippen LogP contribution in [0.4, 0.5) is 0 Å². The molecule has 36 heavy (non-hydrogen) atoms. The fraction of sp³-hybridized carbons (Fsp3) is 0.333. The zero-order chi connectivity index (χ0) is 25.6. The van der Waals surface area contributed by atoms with E-state index in [0.717, 1.165) is 32.7 Å². The van der Waals surface area contributed by atoms with Crippen LogP contribution in [-0.4, -0.2) is 59.5 Å². The van der Waals surface area contributed by atoms with E-state index in [1.807, 2.05) is 61.0 Å². The Hall–Kier alpha value is -3.01. The Morgan fingerprint density at radius 2 is 1.64 bits per heavy atom. The number of amides is 1. The SMILES string of the molecule is Cc1ccccc1-n1nc(C)c2cc(C(=O)N3CCN(S(=O)(=O)c4ccc(C(C)C)cc4)CC3)sc21. The number of hydrogen-bond acceptors (Lipinski definition) is 5. The Bertz CT molecular complexity index is 1530. The Morgan fingerprint density at radius 3 is 2.28 bits per heavy atom. The highest BCUT2D eigenvalue weighted by molar-refractivity contribution is 7.89. The number of para-hydroxylation sites is 1. The molecule has 0 N–H and O–H groups in total. The van der Waals surface area contributed by atoms with Crippen molar-refractivity contribution in [2.45, 2.75) is 38.5 Å². The predicted octanol–water partition coefficient (Wildman–Crippen LogP) is 4.97. The molecule has 0 aliphatic carbocycles. The van der Waals surface area contributed by atoms with Crippen molar-refractivity contribution in [3.63, 3.8) is 0 Å². The highest BCUT2D eigenvalue weighted by Crippen LogP contribution is 2.32. The van der Waals surface area contributed by atoms with Gasteiger partial charge in [-0.25, -0.2) is 13.1 Å². The van der Waals surface area contributed by atoms with Crippen LogP contribution in [0.15, 0.2) is 59.5 Å². The summed E-state index contributed by atoms with van der Waals surface area (Å²) in [6.45, 7) is 9.44. The van der Waals surface area contributed by atoms with E-state index in [9.17, 15) is 13.2 Å². The molecule has 0 spiro atoms. The molecule has 0 bridgehead atoms. The van der Waals surface area contributed by atoms with Gasteiger partial charge in [-0.05, 0) is 55.2 Å². The lowest BCUT2D eigenvalue weighted by atomic mass is 10.0. The summed E-state index contributed by atoms with van der Waals surface area (Å²) >= 11 is 1.43. The molecule has 5 rings (SSSR count). The molecule has 1 amide bonds. The van der Waals surface area contributed by atoms with Gasteiger partial charge >= 0.3 is 0 Å². The zero-order valence-electron chi connectivity index (χ0n) is 20.9. The second kappa shape index (κ2) is 9.46. The molecule has 2 aromatic carbocycles. The summed E-state index contributed by atoms with van der Waals surface area (Å²) in [6, 6.07) is 17.1. The maximum atomic E-state index is 13.4. The molecule has 0 unspecified atom stereocenters. The molecule has 1 saturated heterocycles. The van der Waals surface area contributed by atoms with Gasteiger partial charge in [0.25, 0.3) is 5.91 Å². The first-order valence-corrected chi connectivity index (χ1v) is 14.4. The van der Waals surface area contributed by atoms with Crippen LogP contribution in [0.2, 0.25) is 0 Å². The second-order valence-corrected chi connectivity index (χ2v) is 12.5. The number of piperazine rings is 1. The number of thiophene rings is 1. The van der Waals surface area contributed by atoms with E-state index in [1.165, 1.54) is 15.6 Å². The van der Waals surface area contributed by atoms with Crippen molar-refractivity contribution in [2.24, 2.45) is 0 Å².